The summed E-state index contributed by atoms with van der Waals surface area (Å²) in [6, 6.07) is 9.83. The van der Waals surface area contributed by atoms with Gasteiger partial charge in [-0.05, 0) is 11.5 Å². The smallest absolute Gasteiger partial charge is 0.341 e. The maximum absolute atomic E-state index is 12.0. The van der Waals surface area contributed by atoms with Crippen LogP contribution in [0.2, 0.25) is 0 Å². The minimum atomic E-state index is -0.375. The summed E-state index contributed by atoms with van der Waals surface area (Å²) in [5.74, 6) is -0.0691. The van der Waals surface area contributed by atoms with Gasteiger partial charge >= 0.3 is 5.97 Å². The van der Waals surface area contributed by atoms with Crippen LogP contribution in [0.1, 0.15) is 35.0 Å². The summed E-state index contributed by atoms with van der Waals surface area (Å²) in [4.78, 5) is 13.1. The molecule has 0 spiro atoms. The molecule has 0 bridgehead atoms. The number of carbonyl (C=O) groups is 1. The van der Waals surface area contributed by atoms with E-state index in [-0.39, 0.29) is 5.97 Å². The Bertz CT molecular complexity index is 588. The average molecular weight is 275 g/mol. The van der Waals surface area contributed by atoms with Crippen molar-refractivity contribution >= 4 is 22.3 Å². The molecule has 4 heteroatoms. The van der Waals surface area contributed by atoms with Gasteiger partial charge in [0, 0.05) is 10.4 Å². The third kappa shape index (κ3) is 2.49. The molecule has 0 unspecified atom stereocenters. The largest absolute Gasteiger partial charge is 0.465 e. The zero-order valence-corrected chi connectivity index (χ0v) is 12.1. The lowest BCUT2D eigenvalue weighted by molar-refractivity contribution is 0.0603. The molecule has 19 heavy (non-hydrogen) atoms. The molecule has 0 aliphatic heterocycles. The molecular formula is C15H17NO2S. The lowest BCUT2D eigenvalue weighted by Crippen LogP contribution is -2.05. The number of thiophene rings is 1. The third-order valence-electron chi connectivity index (χ3n) is 2.94. The maximum Gasteiger partial charge on any atom is 0.341 e. The third-order valence-corrected chi connectivity index (χ3v) is 4.26. The predicted octanol–water partition coefficient (Wildman–Crippen LogP) is 3.91. The van der Waals surface area contributed by atoms with E-state index in [0.29, 0.717) is 16.5 Å². The molecule has 0 aliphatic carbocycles. The average Bonchev–Trinajstić information content (AvgIpc) is 2.76. The minimum absolute atomic E-state index is 0.306. The summed E-state index contributed by atoms with van der Waals surface area (Å²) < 4.78 is 4.86. The first kappa shape index (κ1) is 13.6. The first-order valence-electron chi connectivity index (χ1n) is 6.12. The van der Waals surface area contributed by atoms with Crippen LogP contribution < -0.4 is 5.73 Å². The lowest BCUT2D eigenvalue weighted by Gasteiger charge is -2.09. The Labute approximate surface area is 117 Å². The van der Waals surface area contributed by atoms with E-state index in [2.05, 4.69) is 13.8 Å². The quantitative estimate of drug-likeness (QED) is 0.864. The second kappa shape index (κ2) is 5.45. The molecule has 0 saturated carbocycles. The number of anilines is 1. The van der Waals surface area contributed by atoms with Crippen LogP contribution in [0.5, 0.6) is 0 Å². The van der Waals surface area contributed by atoms with Crippen molar-refractivity contribution in [2.75, 3.05) is 12.8 Å². The second-order valence-corrected chi connectivity index (χ2v) is 5.68. The van der Waals surface area contributed by atoms with Crippen molar-refractivity contribution in [2.24, 2.45) is 0 Å². The molecule has 2 N–H and O–H groups in total. The van der Waals surface area contributed by atoms with Crippen molar-refractivity contribution in [1.29, 1.82) is 0 Å². The molecule has 0 saturated heterocycles. The Morgan fingerprint density at radius 2 is 1.89 bits per heavy atom. The molecule has 1 aromatic carbocycles. The second-order valence-electron chi connectivity index (χ2n) is 4.59. The van der Waals surface area contributed by atoms with Crippen molar-refractivity contribution in [2.45, 2.75) is 19.8 Å². The van der Waals surface area contributed by atoms with Crippen molar-refractivity contribution in [3.05, 3.63) is 40.8 Å². The van der Waals surface area contributed by atoms with Crippen LogP contribution in [-0.4, -0.2) is 13.1 Å². The highest BCUT2D eigenvalue weighted by Crippen LogP contribution is 2.42. The van der Waals surface area contributed by atoms with Crippen LogP contribution in [0.15, 0.2) is 30.3 Å². The summed E-state index contributed by atoms with van der Waals surface area (Å²) in [5.41, 5.74) is 8.41. The van der Waals surface area contributed by atoms with Gasteiger partial charge in [0.15, 0.2) is 0 Å². The van der Waals surface area contributed by atoms with Crippen LogP contribution in [-0.2, 0) is 4.74 Å². The number of hydrogen-bond donors (Lipinski definition) is 1. The Hall–Kier alpha value is -1.81. The molecule has 1 aromatic heterocycles. The molecule has 0 radical (unpaired) electrons. The molecule has 1 heterocycles. The molecule has 0 fully saturated rings. The van der Waals surface area contributed by atoms with Gasteiger partial charge in [0.05, 0.1) is 7.11 Å². The molecule has 2 rings (SSSR count). The van der Waals surface area contributed by atoms with E-state index in [0.717, 1.165) is 16.0 Å². The highest BCUT2D eigenvalue weighted by molar-refractivity contribution is 7.17. The number of carbonyl (C=O) groups excluding carboxylic acids is 1. The van der Waals surface area contributed by atoms with E-state index in [1.807, 2.05) is 30.3 Å². The fraction of sp³-hybridized carbons (Fsp3) is 0.267. The zero-order chi connectivity index (χ0) is 14.0. The number of nitrogen functional groups attached to an aromatic ring is 1. The van der Waals surface area contributed by atoms with Gasteiger partial charge in [-0.25, -0.2) is 4.79 Å². The Morgan fingerprint density at radius 1 is 1.26 bits per heavy atom. The number of ether oxygens (including phenoxy) is 1. The van der Waals surface area contributed by atoms with Crippen molar-refractivity contribution in [3.8, 4) is 11.1 Å². The van der Waals surface area contributed by atoms with Gasteiger partial charge in [0.25, 0.3) is 0 Å². The molecule has 0 aliphatic rings. The van der Waals surface area contributed by atoms with Gasteiger partial charge in [0.1, 0.15) is 10.6 Å². The van der Waals surface area contributed by atoms with E-state index in [4.69, 9.17) is 10.5 Å². The van der Waals surface area contributed by atoms with E-state index < -0.39 is 0 Å². The lowest BCUT2D eigenvalue weighted by atomic mass is 9.97. The van der Waals surface area contributed by atoms with Gasteiger partial charge < -0.3 is 10.5 Å². The number of esters is 1. The van der Waals surface area contributed by atoms with Crippen LogP contribution in [0.3, 0.4) is 0 Å². The zero-order valence-electron chi connectivity index (χ0n) is 11.3. The van der Waals surface area contributed by atoms with Crippen LogP contribution in [0, 0.1) is 0 Å². The number of methoxy groups -OCH3 is 1. The van der Waals surface area contributed by atoms with Gasteiger partial charge in [-0.1, -0.05) is 44.2 Å². The number of nitrogens with two attached hydrogens (primary N) is 1. The molecule has 3 nitrogen and oxygen atoms in total. The summed E-state index contributed by atoms with van der Waals surface area (Å²) in [7, 11) is 1.38. The normalized spacial score (nSPS) is 10.7. The summed E-state index contributed by atoms with van der Waals surface area (Å²) in [6.07, 6.45) is 0. The number of rotatable bonds is 3. The number of hydrogen-bond acceptors (Lipinski definition) is 4. The first-order valence-corrected chi connectivity index (χ1v) is 6.93. The predicted molar refractivity (Wildman–Crippen MR) is 79.6 cm³/mol. The minimum Gasteiger partial charge on any atom is -0.465 e. The van der Waals surface area contributed by atoms with Crippen molar-refractivity contribution < 1.29 is 9.53 Å². The Morgan fingerprint density at radius 3 is 2.42 bits per heavy atom. The summed E-state index contributed by atoms with van der Waals surface area (Å²) >= 11 is 1.46. The van der Waals surface area contributed by atoms with Crippen LogP contribution in [0.25, 0.3) is 11.1 Å². The topological polar surface area (TPSA) is 52.3 Å². The highest BCUT2D eigenvalue weighted by Gasteiger charge is 2.25. The van der Waals surface area contributed by atoms with Crippen molar-refractivity contribution in [1.82, 2.24) is 0 Å². The van der Waals surface area contributed by atoms with Gasteiger partial charge in [0.2, 0.25) is 0 Å². The Balaban J connectivity index is 2.71. The van der Waals surface area contributed by atoms with Crippen LogP contribution >= 0.6 is 11.3 Å². The van der Waals surface area contributed by atoms with E-state index in [1.165, 1.54) is 18.4 Å². The standard InChI is InChI=1S/C15H17NO2S/c1-9(2)13-11(10-7-5-4-6-8-10)12(14(16)19-13)15(17)18-3/h4-9H,16H2,1-3H3. The van der Waals surface area contributed by atoms with Gasteiger partial charge in [-0.2, -0.15) is 0 Å². The van der Waals surface area contributed by atoms with Crippen molar-refractivity contribution in [3.63, 3.8) is 0 Å². The molecule has 0 amide bonds. The maximum atomic E-state index is 12.0. The fourth-order valence-corrected chi connectivity index (χ4v) is 3.15. The van der Waals surface area contributed by atoms with Gasteiger partial charge in [-0.3, -0.25) is 0 Å². The first-order chi connectivity index (χ1) is 9.06. The van der Waals surface area contributed by atoms with E-state index in [9.17, 15) is 4.79 Å². The highest BCUT2D eigenvalue weighted by atomic mass is 32.1. The SMILES string of the molecule is COC(=O)c1c(N)sc(C(C)C)c1-c1ccccc1. The van der Waals surface area contributed by atoms with Crippen LogP contribution in [0.4, 0.5) is 5.00 Å². The molecule has 2 aromatic rings. The van der Waals surface area contributed by atoms with E-state index in [1.54, 1.807) is 0 Å². The molecular weight excluding hydrogens is 258 g/mol. The summed E-state index contributed by atoms with van der Waals surface area (Å²) in [5, 5.41) is 0.523. The number of benzene rings is 1. The molecule has 100 valence electrons. The van der Waals surface area contributed by atoms with Gasteiger partial charge in [-0.15, -0.1) is 11.3 Å². The summed E-state index contributed by atoms with van der Waals surface area (Å²) in [6.45, 7) is 4.19. The fourth-order valence-electron chi connectivity index (χ4n) is 2.07. The molecule has 0 atom stereocenters. The monoisotopic (exact) mass is 275 g/mol. The van der Waals surface area contributed by atoms with E-state index >= 15 is 0 Å². The Kier molecular flexibility index (Phi) is 3.90.